The minimum atomic E-state index is 0.773. The number of nitrogens with one attached hydrogen (secondary N) is 1. The van der Waals surface area contributed by atoms with Crippen molar-refractivity contribution in [2.24, 2.45) is 0 Å². The van der Waals surface area contributed by atoms with E-state index in [1.54, 1.807) is 0 Å². The van der Waals surface area contributed by atoms with Crippen LogP contribution < -0.4 is 5.32 Å². The van der Waals surface area contributed by atoms with Crippen LogP contribution in [0.5, 0.6) is 0 Å². The molecule has 0 saturated carbocycles. The average Bonchev–Trinajstić information content (AvgIpc) is 2.10. The number of hydrogen-bond acceptors (Lipinski definition) is 2. The van der Waals surface area contributed by atoms with E-state index < -0.39 is 0 Å². The van der Waals surface area contributed by atoms with Gasteiger partial charge in [-0.1, -0.05) is 13.5 Å². The first-order valence-corrected chi connectivity index (χ1v) is 4.25. The second-order valence-electron chi connectivity index (χ2n) is 2.73. The van der Waals surface area contributed by atoms with Gasteiger partial charge in [0.15, 0.2) is 0 Å². The van der Waals surface area contributed by atoms with Gasteiger partial charge in [-0.15, -0.1) is 12.3 Å². The second kappa shape index (κ2) is 6.75. The number of rotatable bonds is 6. The fourth-order valence-electron chi connectivity index (χ4n) is 0.799. The smallest absolute Gasteiger partial charge is 0.0675 e. The van der Waals surface area contributed by atoms with E-state index >= 15 is 0 Å². The van der Waals surface area contributed by atoms with Crippen LogP contribution in [0.1, 0.15) is 19.8 Å². The van der Waals surface area contributed by atoms with Crippen molar-refractivity contribution in [3.63, 3.8) is 0 Å². The number of allylic oxidation sites excluding steroid dienone is 1. The molecule has 0 amide bonds. The van der Waals surface area contributed by atoms with Gasteiger partial charge < -0.3 is 10.2 Å². The highest BCUT2D eigenvalue weighted by molar-refractivity contribution is 4.97. The standard InChI is InChI=1S/C10H18N2/c1-5-7-8-10(3)12(4)9-11-6-2/h1,11H,3,6-9H2,2,4H3. The normalized spacial score (nSPS) is 9.08. The summed E-state index contributed by atoms with van der Waals surface area (Å²) in [7, 11) is 2.02. The minimum Gasteiger partial charge on any atom is -0.366 e. The molecule has 0 fully saturated rings. The molecular formula is C10H18N2. The van der Waals surface area contributed by atoms with Gasteiger partial charge in [-0.3, -0.25) is 0 Å². The van der Waals surface area contributed by atoms with Gasteiger partial charge in [-0.05, 0) is 13.0 Å². The summed E-state index contributed by atoms with van der Waals surface area (Å²) in [5.74, 6) is 2.60. The fourth-order valence-corrected chi connectivity index (χ4v) is 0.799. The van der Waals surface area contributed by atoms with Gasteiger partial charge in [0.1, 0.15) is 0 Å². The van der Waals surface area contributed by atoms with Crippen molar-refractivity contribution in [1.29, 1.82) is 0 Å². The van der Waals surface area contributed by atoms with Gasteiger partial charge in [0, 0.05) is 19.2 Å². The summed E-state index contributed by atoms with van der Waals surface area (Å²) in [6, 6.07) is 0. The quantitative estimate of drug-likeness (QED) is 0.474. The van der Waals surface area contributed by atoms with E-state index in [1.165, 1.54) is 0 Å². The summed E-state index contributed by atoms with van der Waals surface area (Å²) >= 11 is 0. The Morgan fingerprint density at radius 1 is 1.67 bits per heavy atom. The van der Waals surface area contributed by atoms with Crippen LogP contribution >= 0.6 is 0 Å². The largest absolute Gasteiger partial charge is 0.366 e. The summed E-state index contributed by atoms with van der Waals surface area (Å²) in [4.78, 5) is 2.08. The van der Waals surface area contributed by atoms with Crippen LogP contribution in [-0.4, -0.2) is 25.2 Å². The Bertz CT molecular complexity index is 167. The Labute approximate surface area is 75.6 Å². The van der Waals surface area contributed by atoms with E-state index in [2.05, 4.69) is 29.6 Å². The van der Waals surface area contributed by atoms with Crippen LogP contribution in [0.3, 0.4) is 0 Å². The fraction of sp³-hybridized carbons (Fsp3) is 0.600. The molecule has 0 aromatic carbocycles. The first-order chi connectivity index (χ1) is 5.72. The first kappa shape index (κ1) is 11.1. The molecule has 0 aliphatic heterocycles. The maximum Gasteiger partial charge on any atom is 0.0675 e. The van der Waals surface area contributed by atoms with E-state index in [1.807, 2.05) is 7.05 Å². The highest BCUT2D eigenvalue weighted by Crippen LogP contribution is 2.04. The molecule has 0 radical (unpaired) electrons. The molecule has 1 N–H and O–H groups in total. The minimum absolute atomic E-state index is 0.773. The van der Waals surface area contributed by atoms with Gasteiger partial charge >= 0.3 is 0 Å². The zero-order valence-corrected chi connectivity index (χ0v) is 8.06. The van der Waals surface area contributed by atoms with Crippen LogP contribution in [0.4, 0.5) is 0 Å². The molecule has 0 rings (SSSR count). The van der Waals surface area contributed by atoms with Crippen LogP contribution in [0, 0.1) is 12.3 Å². The van der Waals surface area contributed by atoms with E-state index in [0.29, 0.717) is 0 Å². The maximum atomic E-state index is 5.15. The number of nitrogens with zero attached hydrogens (tertiary/aromatic N) is 1. The van der Waals surface area contributed by atoms with Crippen molar-refractivity contribution in [3.05, 3.63) is 12.3 Å². The molecule has 0 atom stereocenters. The molecule has 0 saturated heterocycles. The summed E-state index contributed by atoms with van der Waals surface area (Å²) < 4.78 is 0. The maximum absolute atomic E-state index is 5.15. The lowest BCUT2D eigenvalue weighted by Gasteiger charge is -2.21. The van der Waals surface area contributed by atoms with Gasteiger partial charge in [0.25, 0.3) is 0 Å². The van der Waals surface area contributed by atoms with Crippen molar-refractivity contribution in [2.75, 3.05) is 20.3 Å². The monoisotopic (exact) mass is 166 g/mol. The second-order valence-corrected chi connectivity index (χ2v) is 2.73. The lowest BCUT2D eigenvalue weighted by molar-refractivity contribution is 0.371. The zero-order chi connectivity index (χ0) is 9.40. The van der Waals surface area contributed by atoms with E-state index in [9.17, 15) is 0 Å². The van der Waals surface area contributed by atoms with Gasteiger partial charge in [0.2, 0.25) is 0 Å². The van der Waals surface area contributed by atoms with Crippen molar-refractivity contribution >= 4 is 0 Å². The molecule has 0 bridgehead atoms. The van der Waals surface area contributed by atoms with Crippen LogP contribution in [0.15, 0.2) is 12.3 Å². The molecule has 0 aromatic heterocycles. The van der Waals surface area contributed by atoms with Crippen LogP contribution in [0.25, 0.3) is 0 Å². The highest BCUT2D eigenvalue weighted by Gasteiger charge is 1.98. The summed E-state index contributed by atoms with van der Waals surface area (Å²) in [5, 5.41) is 3.22. The Kier molecular flexibility index (Phi) is 6.22. The van der Waals surface area contributed by atoms with E-state index in [-0.39, 0.29) is 0 Å². The summed E-state index contributed by atoms with van der Waals surface area (Å²) in [6.07, 6.45) is 6.81. The predicted molar refractivity (Wildman–Crippen MR) is 53.5 cm³/mol. The van der Waals surface area contributed by atoms with Crippen LogP contribution in [-0.2, 0) is 0 Å². The van der Waals surface area contributed by atoms with E-state index in [4.69, 9.17) is 6.42 Å². The molecule has 0 aliphatic rings. The lowest BCUT2D eigenvalue weighted by atomic mass is 10.2. The van der Waals surface area contributed by atoms with Gasteiger partial charge in [-0.2, -0.15) is 0 Å². The van der Waals surface area contributed by atoms with Crippen molar-refractivity contribution < 1.29 is 0 Å². The third kappa shape index (κ3) is 4.81. The molecule has 2 nitrogen and oxygen atoms in total. The van der Waals surface area contributed by atoms with Gasteiger partial charge in [-0.25, -0.2) is 0 Å². The SMILES string of the molecule is C#CCCC(=C)N(C)CNCC. The highest BCUT2D eigenvalue weighted by atomic mass is 15.2. The Balaban J connectivity index is 3.55. The molecule has 0 heterocycles. The van der Waals surface area contributed by atoms with Crippen LogP contribution in [0.2, 0.25) is 0 Å². The van der Waals surface area contributed by atoms with Crippen molar-refractivity contribution in [3.8, 4) is 12.3 Å². The summed E-state index contributed by atoms with van der Waals surface area (Å²) in [6.45, 7) is 7.84. The predicted octanol–water partition coefficient (Wildman–Crippen LogP) is 1.41. The Hall–Kier alpha value is -0.940. The van der Waals surface area contributed by atoms with Crippen molar-refractivity contribution in [2.45, 2.75) is 19.8 Å². The summed E-state index contributed by atoms with van der Waals surface area (Å²) in [5.41, 5.74) is 1.09. The molecule has 0 spiro atoms. The van der Waals surface area contributed by atoms with E-state index in [0.717, 1.165) is 31.8 Å². The zero-order valence-electron chi connectivity index (χ0n) is 8.06. The third-order valence-corrected chi connectivity index (χ3v) is 1.70. The third-order valence-electron chi connectivity index (χ3n) is 1.70. The number of terminal acetylenes is 1. The molecular weight excluding hydrogens is 148 g/mol. The topological polar surface area (TPSA) is 15.3 Å². The average molecular weight is 166 g/mol. The lowest BCUT2D eigenvalue weighted by Crippen LogP contribution is -2.30. The Morgan fingerprint density at radius 3 is 2.83 bits per heavy atom. The Morgan fingerprint density at radius 2 is 2.33 bits per heavy atom. The molecule has 0 aliphatic carbocycles. The molecule has 2 heteroatoms. The number of hydrogen-bond donors (Lipinski definition) is 1. The molecule has 0 unspecified atom stereocenters. The molecule has 12 heavy (non-hydrogen) atoms. The molecule has 68 valence electrons. The van der Waals surface area contributed by atoms with Gasteiger partial charge in [0.05, 0.1) is 6.67 Å². The van der Waals surface area contributed by atoms with Crippen molar-refractivity contribution in [1.82, 2.24) is 10.2 Å². The molecule has 0 aromatic rings. The first-order valence-electron chi connectivity index (χ1n) is 4.25.